The fourth-order valence-corrected chi connectivity index (χ4v) is 1.38. The normalized spacial score (nSPS) is 12.2. The van der Waals surface area contributed by atoms with Crippen LogP contribution in [0.3, 0.4) is 0 Å². The third-order valence-corrected chi connectivity index (χ3v) is 2.34. The van der Waals surface area contributed by atoms with E-state index in [9.17, 15) is 5.11 Å². The summed E-state index contributed by atoms with van der Waals surface area (Å²) in [6.45, 7) is 4.62. The molecule has 3 nitrogen and oxygen atoms in total. The summed E-state index contributed by atoms with van der Waals surface area (Å²) in [5.74, 6) is 0.676. The van der Waals surface area contributed by atoms with Crippen LogP contribution >= 0.6 is 23.2 Å². The zero-order valence-corrected chi connectivity index (χ0v) is 10.8. The molecule has 0 radical (unpaired) electrons. The van der Waals surface area contributed by atoms with Crippen molar-refractivity contribution < 1.29 is 9.84 Å². The molecule has 0 aliphatic carbocycles. The molecule has 0 spiro atoms. The molecule has 1 rings (SSSR count). The lowest BCUT2D eigenvalue weighted by Gasteiger charge is -2.13. The molecule has 0 amide bonds. The van der Waals surface area contributed by atoms with Gasteiger partial charge < -0.3 is 15.2 Å². The maximum absolute atomic E-state index is 9.59. The third-order valence-electron chi connectivity index (χ3n) is 1.95. The lowest BCUT2D eigenvalue weighted by molar-refractivity contribution is 0.107. The van der Waals surface area contributed by atoms with Crippen LogP contribution < -0.4 is 10.1 Å². The second kappa shape index (κ2) is 7.56. The van der Waals surface area contributed by atoms with Gasteiger partial charge >= 0.3 is 0 Å². The van der Waals surface area contributed by atoms with E-state index in [1.165, 1.54) is 0 Å². The molecule has 1 atom stereocenters. The van der Waals surface area contributed by atoms with Crippen LogP contribution in [0, 0.1) is 0 Å². The van der Waals surface area contributed by atoms with Crippen LogP contribution in [0.15, 0.2) is 35.9 Å². The number of rotatable bonds is 7. The Bertz CT molecular complexity index is 354. The Labute approximate surface area is 111 Å². The summed E-state index contributed by atoms with van der Waals surface area (Å²) < 4.78 is 5.38. The summed E-state index contributed by atoms with van der Waals surface area (Å²) in [6.07, 6.45) is -0.596. The van der Waals surface area contributed by atoms with Gasteiger partial charge in [-0.25, -0.2) is 0 Å². The van der Waals surface area contributed by atoms with Crippen LogP contribution in [-0.2, 0) is 0 Å². The summed E-state index contributed by atoms with van der Waals surface area (Å²) in [5.41, 5.74) is 0. The van der Waals surface area contributed by atoms with Gasteiger partial charge in [0.05, 0.1) is 0 Å². The molecule has 17 heavy (non-hydrogen) atoms. The van der Waals surface area contributed by atoms with Crippen molar-refractivity contribution >= 4 is 23.2 Å². The Morgan fingerprint density at radius 3 is 2.65 bits per heavy atom. The highest BCUT2D eigenvalue weighted by Gasteiger charge is 2.04. The first-order valence-corrected chi connectivity index (χ1v) is 5.94. The molecular formula is C12H15Cl2NO2. The lowest BCUT2D eigenvalue weighted by atomic mass is 10.3. The monoisotopic (exact) mass is 275 g/mol. The molecular weight excluding hydrogens is 261 g/mol. The van der Waals surface area contributed by atoms with Crippen LogP contribution in [0.4, 0.5) is 0 Å². The number of aliphatic hydroxyl groups is 1. The molecule has 0 saturated heterocycles. The first kappa shape index (κ1) is 14.3. The number of aliphatic hydroxyl groups excluding tert-OH is 1. The van der Waals surface area contributed by atoms with Gasteiger partial charge in [0.25, 0.3) is 0 Å². The van der Waals surface area contributed by atoms with Gasteiger partial charge in [0.2, 0.25) is 0 Å². The average molecular weight is 276 g/mol. The van der Waals surface area contributed by atoms with Gasteiger partial charge in [-0.05, 0) is 24.3 Å². The molecule has 0 bridgehead atoms. The number of hydrogen-bond donors (Lipinski definition) is 2. The highest BCUT2D eigenvalue weighted by molar-refractivity contribution is 6.30. The summed E-state index contributed by atoms with van der Waals surface area (Å²) in [4.78, 5) is 0. The summed E-state index contributed by atoms with van der Waals surface area (Å²) in [6, 6.07) is 6.98. The predicted octanol–water partition coefficient (Wildman–Crippen LogP) is 2.42. The predicted molar refractivity (Wildman–Crippen MR) is 70.8 cm³/mol. The van der Waals surface area contributed by atoms with Crippen LogP contribution in [-0.4, -0.2) is 30.9 Å². The van der Waals surface area contributed by atoms with E-state index >= 15 is 0 Å². The molecule has 0 aliphatic rings. The fraction of sp³-hybridized carbons (Fsp3) is 0.333. The zero-order chi connectivity index (χ0) is 12.7. The largest absolute Gasteiger partial charge is 0.491 e. The summed E-state index contributed by atoms with van der Waals surface area (Å²) in [5, 5.41) is 13.7. The number of ether oxygens (including phenoxy) is 1. The molecule has 1 aromatic carbocycles. The maximum Gasteiger partial charge on any atom is 0.119 e. The minimum Gasteiger partial charge on any atom is -0.491 e. The van der Waals surface area contributed by atoms with Crippen molar-refractivity contribution in [1.82, 2.24) is 5.32 Å². The van der Waals surface area contributed by atoms with Crippen molar-refractivity contribution in [3.8, 4) is 5.75 Å². The molecule has 0 fully saturated rings. The topological polar surface area (TPSA) is 41.5 Å². The maximum atomic E-state index is 9.59. The summed E-state index contributed by atoms with van der Waals surface area (Å²) in [7, 11) is 0. The minimum atomic E-state index is -0.596. The molecule has 94 valence electrons. The summed E-state index contributed by atoms with van der Waals surface area (Å²) >= 11 is 11.3. The van der Waals surface area contributed by atoms with Gasteiger partial charge in [-0.3, -0.25) is 0 Å². The lowest BCUT2D eigenvalue weighted by Crippen LogP contribution is -2.32. The molecule has 2 N–H and O–H groups in total. The van der Waals surface area contributed by atoms with Crippen LogP contribution in [0.25, 0.3) is 0 Å². The van der Waals surface area contributed by atoms with Crippen LogP contribution in [0.5, 0.6) is 5.75 Å². The smallest absolute Gasteiger partial charge is 0.119 e. The van der Waals surface area contributed by atoms with Crippen molar-refractivity contribution in [2.24, 2.45) is 0 Å². The van der Waals surface area contributed by atoms with Crippen molar-refractivity contribution in [3.63, 3.8) is 0 Å². The zero-order valence-electron chi connectivity index (χ0n) is 9.33. The van der Waals surface area contributed by atoms with E-state index in [1.807, 2.05) is 0 Å². The number of halogens is 2. The number of hydrogen-bond acceptors (Lipinski definition) is 3. The highest BCUT2D eigenvalue weighted by Crippen LogP contribution is 2.15. The van der Waals surface area contributed by atoms with Gasteiger partial charge in [-0.15, -0.1) is 0 Å². The molecule has 0 aliphatic heterocycles. The second-order valence-corrected chi connectivity index (χ2v) is 4.54. The van der Waals surface area contributed by atoms with E-state index in [2.05, 4.69) is 11.9 Å². The van der Waals surface area contributed by atoms with Crippen molar-refractivity contribution in [2.45, 2.75) is 6.10 Å². The first-order valence-electron chi connectivity index (χ1n) is 5.18. The number of benzene rings is 1. The Morgan fingerprint density at radius 1 is 1.41 bits per heavy atom. The van der Waals surface area contributed by atoms with Crippen LogP contribution in [0.1, 0.15) is 0 Å². The molecule has 0 saturated carbocycles. The van der Waals surface area contributed by atoms with Gasteiger partial charge in [0, 0.05) is 23.1 Å². The van der Waals surface area contributed by atoms with E-state index in [0.717, 1.165) is 0 Å². The number of nitrogens with one attached hydrogen (secondary N) is 1. The highest BCUT2D eigenvalue weighted by atomic mass is 35.5. The quantitative estimate of drug-likeness (QED) is 0.803. The van der Waals surface area contributed by atoms with Crippen molar-refractivity contribution in [2.75, 3.05) is 19.7 Å². The van der Waals surface area contributed by atoms with E-state index < -0.39 is 6.10 Å². The standard InChI is InChI=1S/C12H15Cl2NO2/c1-9(13)6-15-7-11(16)8-17-12-4-2-10(14)3-5-12/h2-5,11,15-16H,1,6-8H2. The van der Waals surface area contributed by atoms with E-state index in [0.29, 0.717) is 28.9 Å². The van der Waals surface area contributed by atoms with Gasteiger partial charge in [-0.2, -0.15) is 0 Å². The Kier molecular flexibility index (Phi) is 6.37. The van der Waals surface area contributed by atoms with E-state index in [4.69, 9.17) is 27.9 Å². The fourth-order valence-electron chi connectivity index (χ4n) is 1.16. The van der Waals surface area contributed by atoms with Crippen LogP contribution in [0.2, 0.25) is 5.02 Å². The van der Waals surface area contributed by atoms with Crippen molar-refractivity contribution in [3.05, 3.63) is 40.9 Å². The molecule has 1 aromatic rings. The molecule has 0 aromatic heterocycles. The SMILES string of the molecule is C=C(Cl)CNCC(O)COc1ccc(Cl)cc1. The second-order valence-electron chi connectivity index (χ2n) is 3.57. The van der Waals surface area contributed by atoms with Gasteiger partial charge in [-0.1, -0.05) is 29.8 Å². The minimum absolute atomic E-state index is 0.212. The molecule has 1 unspecified atom stereocenters. The first-order chi connectivity index (χ1) is 8.08. The van der Waals surface area contributed by atoms with Gasteiger partial charge in [0.15, 0.2) is 0 Å². The van der Waals surface area contributed by atoms with E-state index in [-0.39, 0.29) is 6.61 Å². The van der Waals surface area contributed by atoms with Gasteiger partial charge in [0.1, 0.15) is 18.5 Å². The third kappa shape index (κ3) is 6.54. The Balaban J connectivity index is 2.21. The average Bonchev–Trinajstić information content (AvgIpc) is 2.28. The van der Waals surface area contributed by atoms with E-state index in [1.54, 1.807) is 24.3 Å². The molecule has 5 heteroatoms. The molecule has 0 heterocycles. The Hall–Kier alpha value is -0.740. The van der Waals surface area contributed by atoms with Crippen molar-refractivity contribution in [1.29, 1.82) is 0 Å². The Morgan fingerprint density at radius 2 is 2.06 bits per heavy atom.